The Morgan fingerprint density at radius 3 is 2.12 bits per heavy atom. The van der Waals surface area contributed by atoms with Crippen molar-refractivity contribution in [1.29, 1.82) is 0 Å². The minimum absolute atomic E-state index is 0.215. The van der Waals surface area contributed by atoms with Crippen molar-refractivity contribution in [3.63, 3.8) is 0 Å². The van der Waals surface area contributed by atoms with Crippen molar-refractivity contribution in [2.45, 2.75) is 12.8 Å². The molecule has 4 aromatic rings. The average Bonchev–Trinajstić information content (AvgIpc) is 2.99. The van der Waals surface area contributed by atoms with E-state index in [0.717, 1.165) is 11.1 Å². The van der Waals surface area contributed by atoms with Gasteiger partial charge in [0.25, 0.3) is 5.91 Å². The number of hydrazone groups is 1. The van der Waals surface area contributed by atoms with Crippen LogP contribution in [-0.2, 0) is 9.59 Å². The number of nitrogens with one attached hydrogen (secondary N) is 2. The number of amides is 2. The van der Waals surface area contributed by atoms with Gasteiger partial charge in [-0.05, 0) is 53.9 Å². The van der Waals surface area contributed by atoms with Crippen LogP contribution in [0.1, 0.15) is 39.9 Å². The van der Waals surface area contributed by atoms with Crippen molar-refractivity contribution in [1.82, 2.24) is 10.7 Å². The van der Waals surface area contributed by atoms with E-state index in [1.165, 1.54) is 6.21 Å². The number of rotatable bonds is 11. The molecule has 4 aromatic carbocycles. The molecule has 4 rings (SSSR count). The van der Waals surface area contributed by atoms with E-state index in [-0.39, 0.29) is 28.8 Å². The summed E-state index contributed by atoms with van der Waals surface area (Å²) in [7, 11) is 0. The Kier molecular flexibility index (Phi) is 10.2. The van der Waals surface area contributed by atoms with Crippen LogP contribution in [0.25, 0.3) is 0 Å². The second-order valence-electron chi connectivity index (χ2n) is 8.77. The van der Waals surface area contributed by atoms with Crippen molar-refractivity contribution < 1.29 is 23.9 Å². The zero-order valence-electron chi connectivity index (χ0n) is 22.3. The van der Waals surface area contributed by atoms with Gasteiger partial charge in [-0.1, -0.05) is 84.4 Å². The highest BCUT2D eigenvalue weighted by molar-refractivity contribution is 6.33. The first-order valence-electron chi connectivity index (χ1n) is 12.9. The van der Waals surface area contributed by atoms with Gasteiger partial charge in [-0.3, -0.25) is 9.59 Å². The monoisotopic (exact) mass is 569 g/mol. The fourth-order valence-electron chi connectivity index (χ4n) is 4.01. The van der Waals surface area contributed by atoms with Crippen molar-refractivity contribution in [2.24, 2.45) is 5.10 Å². The van der Waals surface area contributed by atoms with Crippen LogP contribution in [-0.4, -0.2) is 37.1 Å². The van der Waals surface area contributed by atoms with Crippen molar-refractivity contribution in [3.8, 4) is 11.5 Å². The van der Waals surface area contributed by atoms with Gasteiger partial charge >= 0.3 is 5.97 Å². The van der Waals surface area contributed by atoms with Gasteiger partial charge in [0.2, 0.25) is 5.91 Å². The maximum absolute atomic E-state index is 13.1. The van der Waals surface area contributed by atoms with Gasteiger partial charge in [0.15, 0.2) is 11.5 Å². The smallest absolute Gasteiger partial charge is 0.345 e. The van der Waals surface area contributed by atoms with E-state index in [1.807, 2.05) is 60.7 Å². The van der Waals surface area contributed by atoms with E-state index >= 15 is 0 Å². The lowest BCUT2D eigenvalue weighted by atomic mass is 9.90. The molecule has 0 unspecified atom stereocenters. The third-order valence-corrected chi connectivity index (χ3v) is 6.25. The predicted molar refractivity (Wildman–Crippen MR) is 157 cm³/mol. The molecule has 41 heavy (non-hydrogen) atoms. The van der Waals surface area contributed by atoms with E-state index in [2.05, 4.69) is 15.8 Å². The fourth-order valence-corrected chi connectivity index (χ4v) is 4.23. The van der Waals surface area contributed by atoms with Gasteiger partial charge in [0, 0.05) is 0 Å². The third kappa shape index (κ3) is 8.03. The summed E-state index contributed by atoms with van der Waals surface area (Å²) in [4.78, 5) is 38.1. The van der Waals surface area contributed by atoms with Crippen LogP contribution in [0.15, 0.2) is 108 Å². The van der Waals surface area contributed by atoms with Crippen LogP contribution in [0.5, 0.6) is 11.5 Å². The molecule has 0 aliphatic carbocycles. The van der Waals surface area contributed by atoms with Gasteiger partial charge in [-0.2, -0.15) is 5.10 Å². The summed E-state index contributed by atoms with van der Waals surface area (Å²) < 4.78 is 11.1. The molecule has 0 bridgehead atoms. The maximum atomic E-state index is 13.1. The first-order chi connectivity index (χ1) is 20.0. The number of carbonyl (C=O) groups excluding carboxylic acids is 3. The molecule has 0 fully saturated rings. The predicted octanol–water partition coefficient (Wildman–Crippen LogP) is 5.36. The Bertz CT molecular complexity index is 1490. The molecule has 2 amide bonds. The minimum atomic E-state index is -0.617. The molecule has 0 aromatic heterocycles. The molecule has 0 spiro atoms. The number of carbonyl (C=O) groups is 3. The average molecular weight is 570 g/mol. The SMILES string of the molecule is CCOc1cc(C=NNC(=O)CNC(=O)C(c2ccccc2)c2ccccc2)ccc1OC(=O)c1ccccc1Cl. The van der Waals surface area contributed by atoms with Crippen LogP contribution >= 0.6 is 11.6 Å². The van der Waals surface area contributed by atoms with Crippen LogP contribution < -0.4 is 20.2 Å². The number of halogens is 1. The molecule has 2 N–H and O–H groups in total. The zero-order chi connectivity index (χ0) is 29.0. The summed E-state index contributed by atoms with van der Waals surface area (Å²) >= 11 is 6.10. The standard InChI is InChI=1S/C32H28ClN3O5/c1-2-40-28-19-22(17-18-27(28)41-32(39)25-15-9-10-16-26(25)33)20-35-36-29(37)21-34-31(38)30(23-11-5-3-6-12-23)24-13-7-4-8-14-24/h3-20,30H,2,21H2,1H3,(H,34,38)(H,36,37). The quantitative estimate of drug-likeness (QED) is 0.109. The fraction of sp³-hybridized carbons (Fsp3) is 0.125. The molecular formula is C32H28ClN3O5. The van der Waals surface area contributed by atoms with E-state index in [4.69, 9.17) is 21.1 Å². The molecule has 0 radical (unpaired) electrons. The number of esters is 1. The largest absolute Gasteiger partial charge is 0.490 e. The maximum Gasteiger partial charge on any atom is 0.345 e. The highest BCUT2D eigenvalue weighted by Crippen LogP contribution is 2.30. The summed E-state index contributed by atoms with van der Waals surface area (Å²) in [5, 5.41) is 6.95. The van der Waals surface area contributed by atoms with E-state index in [9.17, 15) is 14.4 Å². The van der Waals surface area contributed by atoms with Crippen LogP contribution in [0.3, 0.4) is 0 Å². The van der Waals surface area contributed by atoms with Crippen molar-refractivity contribution in [3.05, 3.63) is 130 Å². The van der Waals surface area contributed by atoms with Crippen molar-refractivity contribution in [2.75, 3.05) is 13.2 Å². The molecule has 8 nitrogen and oxygen atoms in total. The lowest BCUT2D eigenvalue weighted by molar-refractivity contribution is -0.126. The minimum Gasteiger partial charge on any atom is -0.490 e. The number of nitrogens with zero attached hydrogens (tertiary/aromatic N) is 1. The molecule has 0 aliphatic heterocycles. The van der Waals surface area contributed by atoms with E-state index in [1.54, 1.807) is 49.4 Å². The number of benzene rings is 4. The highest BCUT2D eigenvalue weighted by Gasteiger charge is 2.23. The van der Waals surface area contributed by atoms with E-state index < -0.39 is 17.8 Å². The Hall–Kier alpha value is -4.95. The Morgan fingerprint density at radius 1 is 0.854 bits per heavy atom. The van der Waals surface area contributed by atoms with Gasteiger partial charge < -0.3 is 14.8 Å². The molecule has 0 saturated carbocycles. The molecule has 0 atom stereocenters. The molecule has 208 valence electrons. The van der Waals surface area contributed by atoms with Crippen LogP contribution in [0.2, 0.25) is 5.02 Å². The Labute approximate surface area is 243 Å². The second kappa shape index (κ2) is 14.4. The topological polar surface area (TPSA) is 106 Å². The third-order valence-electron chi connectivity index (χ3n) is 5.92. The van der Waals surface area contributed by atoms with Gasteiger partial charge in [-0.25, -0.2) is 10.2 Å². The number of ether oxygens (including phenoxy) is 2. The molecular weight excluding hydrogens is 542 g/mol. The molecule has 0 saturated heterocycles. The Morgan fingerprint density at radius 2 is 1.49 bits per heavy atom. The first-order valence-corrected chi connectivity index (χ1v) is 13.3. The molecule has 9 heteroatoms. The van der Waals surface area contributed by atoms with Crippen LogP contribution in [0.4, 0.5) is 0 Å². The lowest BCUT2D eigenvalue weighted by Crippen LogP contribution is -2.37. The summed E-state index contributed by atoms with van der Waals surface area (Å²) in [5.41, 5.74) is 4.87. The summed E-state index contributed by atoms with van der Waals surface area (Å²) in [6, 6.07) is 30.2. The molecule has 0 aliphatic rings. The van der Waals surface area contributed by atoms with Gasteiger partial charge in [0.05, 0.1) is 35.9 Å². The van der Waals surface area contributed by atoms with Crippen LogP contribution in [0, 0.1) is 0 Å². The number of hydrogen-bond donors (Lipinski definition) is 2. The van der Waals surface area contributed by atoms with E-state index in [0.29, 0.717) is 17.9 Å². The zero-order valence-corrected chi connectivity index (χ0v) is 23.0. The first kappa shape index (κ1) is 29.0. The number of hydrogen-bond acceptors (Lipinski definition) is 6. The normalized spacial score (nSPS) is 10.8. The highest BCUT2D eigenvalue weighted by atomic mass is 35.5. The van der Waals surface area contributed by atoms with Gasteiger partial charge in [-0.15, -0.1) is 0 Å². The summed E-state index contributed by atoms with van der Waals surface area (Å²) in [6.07, 6.45) is 1.42. The van der Waals surface area contributed by atoms with Crippen molar-refractivity contribution >= 4 is 35.6 Å². The second-order valence-corrected chi connectivity index (χ2v) is 9.18. The summed E-state index contributed by atoms with van der Waals surface area (Å²) in [6.45, 7) is 1.88. The summed E-state index contributed by atoms with van der Waals surface area (Å²) in [5.74, 6) is -1.43. The Balaban J connectivity index is 1.36. The lowest BCUT2D eigenvalue weighted by Gasteiger charge is -2.17. The van der Waals surface area contributed by atoms with Gasteiger partial charge in [0.1, 0.15) is 0 Å². The molecule has 0 heterocycles.